The Morgan fingerprint density at radius 3 is 1.83 bits per heavy atom. The minimum Gasteiger partial charge on any atom is -0.456 e. The molecule has 224 valence electrons. The summed E-state index contributed by atoms with van der Waals surface area (Å²) in [7, 11) is 0. The maximum absolute atomic E-state index is 6.28. The monoisotopic (exact) mass is 631 g/mol. The molecule has 1 aliphatic rings. The first-order valence-corrected chi connectivity index (χ1v) is 16.8. The van der Waals surface area contributed by atoms with Crippen molar-refractivity contribution in [2.45, 2.75) is 9.79 Å². The smallest absolute Gasteiger partial charge is 0.164 e. The number of rotatable bonds is 4. The van der Waals surface area contributed by atoms with Gasteiger partial charge in [0.15, 0.2) is 17.5 Å². The molecule has 5 heteroatoms. The molecule has 0 amide bonds. The van der Waals surface area contributed by atoms with Gasteiger partial charge in [-0.25, -0.2) is 15.0 Å². The molecule has 0 fully saturated rings. The van der Waals surface area contributed by atoms with Crippen LogP contribution in [0.1, 0.15) is 0 Å². The highest BCUT2D eigenvalue weighted by molar-refractivity contribution is 7.99. The molecule has 7 aromatic carbocycles. The SMILES string of the molecule is c1ccc(-c2nc(-c3ccccc3)nc(-c3cccc4c3-c3cccc5c(-c6ccc7c(c6)oc6ccccc67)ccc(c35)S4)n2)cc1. The van der Waals surface area contributed by atoms with Gasteiger partial charge in [0.1, 0.15) is 11.2 Å². The molecule has 0 aliphatic carbocycles. The Bertz CT molecular complexity index is 2640. The highest BCUT2D eigenvalue weighted by atomic mass is 32.2. The number of fused-ring (bicyclic) bond motifs is 5. The number of aromatic nitrogens is 3. The molecule has 0 N–H and O–H groups in total. The lowest BCUT2D eigenvalue weighted by Crippen LogP contribution is -2.02. The minimum absolute atomic E-state index is 0.655. The third kappa shape index (κ3) is 4.29. The van der Waals surface area contributed by atoms with Crippen LogP contribution in [0, 0.1) is 0 Å². The van der Waals surface area contributed by atoms with Crippen LogP contribution in [-0.2, 0) is 0 Å². The maximum Gasteiger partial charge on any atom is 0.164 e. The van der Waals surface area contributed by atoms with Crippen LogP contribution in [0.3, 0.4) is 0 Å². The largest absolute Gasteiger partial charge is 0.456 e. The first-order chi connectivity index (χ1) is 23.8. The summed E-state index contributed by atoms with van der Waals surface area (Å²) in [5, 5.41) is 4.72. The highest BCUT2D eigenvalue weighted by Gasteiger charge is 2.25. The van der Waals surface area contributed by atoms with E-state index in [-0.39, 0.29) is 0 Å². The maximum atomic E-state index is 6.28. The zero-order valence-electron chi connectivity index (χ0n) is 25.6. The fourth-order valence-corrected chi connectivity index (χ4v) is 8.10. The van der Waals surface area contributed by atoms with Crippen molar-refractivity contribution in [3.05, 3.63) is 152 Å². The lowest BCUT2D eigenvalue weighted by atomic mass is 9.90. The molecule has 0 saturated heterocycles. The summed E-state index contributed by atoms with van der Waals surface area (Å²) < 4.78 is 6.28. The van der Waals surface area contributed by atoms with Gasteiger partial charge in [-0.05, 0) is 52.4 Å². The van der Waals surface area contributed by atoms with E-state index in [0.717, 1.165) is 49.8 Å². The third-order valence-corrected chi connectivity index (χ3v) is 10.3. The standard InChI is InChI=1S/C43H25N3OS/c1-3-11-26(12-4-1)41-44-42(27-13-5-2-6-14-27)46-43(45-41)34-18-10-20-37-40(34)33-17-9-16-32-29(23-24-38(48-37)39(32)33)28-21-22-31-30-15-7-8-19-35(30)47-36(31)25-28/h1-25H. The van der Waals surface area contributed by atoms with E-state index in [4.69, 9.17) is 19.4 Å². The Hall–Kier alpha value is -6.04. The summed E-state index contributed by atoms with van der Waals surface area (Å²) in [6.45, 7) is 0. The normalized spacial score (nSPS) is 12.1. The second-order valence-electron chi connectivity index (χ2n) is 12.0. The number of hydrogen-bond donors (Lipinski definition) is 0. The summed E-state index contributed by atoms with van der Waals surface area (Å²) in [5.41, 5.74) is 9.34. The minimum atomic E-state index is 0.655. The molecule has 48 heavy (non-hydrogen) atoms. The van der Waals surface area contributed by atoms with Crippen LogP contribution in [0.5, 0.6) is 0 Å². The highest BCUT2D eigenvalue weighted by Crippen LogP contribution is 2.52. The van der Waals surface area contributed by atoms with Gasteiger partial charge < -0.3 is 4.42 Å². The van der Waals surface area contributed by atoms with E-state index in [9.17, 15) is 0 Å². The van der Waals surface area contributed by atoms with E-state index in [1.807, 2.05) is 72.8 Å². The third-order valence-electron chi connectivity index (χ3n) is 9.15. The average Bonchev–Trinajstić information content (AvgIpc) is 3.53. The molecular formula is C43H25N3OS. The van der Waals surface area contributed by atoms with E-state index in [1.54, 1.807) is 11.8 Å². The van der Waals surface area contributed by atoms with Crippen LogP contribution >= 0.6 is 11.8 Å². The van der Waals surface area contributed by atoms with Gasteiger partial charge >= 0.3 is 0 Å². The molecule has 0 saturated carbocycles. The summed E-state index contributed by atoms with van der Waals surface area (Å²) in [4.78, 5) is 17.6. The van der Waals surface area contributed by atoms with Crippen molar-refractivity contribution in [3.63, 3.8) is 0 Å². The van der Waals surface area contributed by atoms with Crippen LogP contribution in [0.2, 0.25) is 0 Å². The molecule has 0 unspecified atom stereocenters. The van der Waals surface area contributed by atoms with Crippen molar-refractivity contribution < 1.29 is 4.42 Å². The second kappa shape index (κ2) is 10.8. The van der Waals surface area contributed by atoms with Gasteiger partial charge in [-0.3, -0.25) is 0 Å². The number of hydrogen-bond acceptors (Lipinski definition) is 5. The number of furan rings is 1. The molecule has 0 atom stereocenters. The number of benzene rings is 7. The van der Waals surface area contributed by atoms with Gasteiger partial charge in [0.05, 0.1) is 0 Å². The first kappa shape index (κ1) is 27.1. The predicted molar refractivity (Wildman–Crippen MR) is 196 cm³/mol. The fourth-order valence-electron chi connectivity index (χ4n) is 6.94. The lowest BCUT2D eigenvalue weighted by molar-refractivity contribution is 0.669. The molecule has 0 spiro atoms. The summed E-state index contributed by atoms with van der Waals surface area (Å²) in [5.74, 6) is 1.97. The van der Waals surface area contributed by atoms with Gasteiger partial charge in [-0.1, -0.05) is 133 Å². The van der Waals surface area contributed by atoms with Gasteiger partial charge in [-0.15, -0.1) is 0 Å². The summed E-state index contributed by atoms with van der Waals surface area (Å²) in [6.07, 6.45) is 0. The Morgan fingerprint density at radius 1 is 0.396 bits per heavy atom. The van der Waals surface area contributed by atoms with Crippen molar-refractivity contribution in [1.29, 1.82) is 0 Å². The lowest BCUT2D eigenvalue weighted by Gasteiger charge is -2.24. The fraction of sp³-hybridized carbons (Fsp3) is 0. The van der Waals surface area contributed by atoms with Gasteiger partial charge in [-0.2, -0.15) is 0 Å². The van der Waals surface area contributed by atoms with Crippen LogP contribution < -0.4 is 0 Å². The second-order valence-corrected chi connectivity index (χ2v) is 13.1. The molecule has 3 heterocycles. The Morgan fingerprint density at radius 2 is 1.04 bits per heavy atom. The van der Waals surface area contributed by atoms with Crippen molar-refractivity contribution in [3.8, 4) is 56.4 Å². The Labute approximate surface area is 280 Å². The Balaban J connectivity index is 1.18. The topological polar surface area (TPSA) is 51.8 Å². The van der Waals surface area contributed by atoms with Gasteiger partial charge in [0.25, 0.3) is 0 Å². The van der Waals surface area contributed by atoms with E-state index < -0.39 is 0 Å². The summed E-state index contributed by atoms with van der Waals surface area (Å²) >= 11 is 1.80. The zero-order chi connectivity index (χ0) is 31.6. The number of para-hydroxylation sites is 1. The van der Waals surface area contributed by atoms with E-state index in [2.05, 4.69) is 78.9 Å². The molecule has 4 nitrogen and oxygen atoms in total. The van der Waals surface area contributed by atoms with Crippen LogP contribution in [0.25, 0.3) is 89.1 Å². The zero-order valence-corrected chi connectivity index (χ0v) is 26.4. The van der Waals surface area contributed by atoms with Gasteiger partial charge in [0, 0.05) is 48.2 Å². The quantitative estimate of drug-likeness (QED) is 0.193. The number of nitrogens with zero attached hydrogens (tertiary/aromatic N) is 3. The van der Waals surface area contributed by atoms with Crippen molar-refractivity contribution >= 4 is 44.5 Å². The van der Waals surface area contributed by atoms with Crippen molar-refractivity contribution in [2.75, 3.05) is 0 Å². The van der Waals surface area contributed by atoms with E-state index in [1.165, 1.54) is 31.7 Å². The predicted octanol–water partition coefficient (Wildman–Crippen LogP) is 11.7. The van der Waals surface area contributed by atoms with Gasteiger partial charge in [0.2, 0.25) is 0 Å². The van der Waals surface area contributed by atoms with Crippen molar-refractivity contribution in [2.24, 2.45) is 0 Å². The molecule has 10 rings (SSSR count). The van der Waals surface area contributed by atoms with Crippen LogP contribution in [0.4, 0.5) is 0 Å². The van der Waals surface area contributed by atoms with E-state index >= 15 is 0 Å². The van der Waals surface area contributed by atoms with Crippen LogP contribution in [-0.4, -0.2) is 15.0 Å². The first-order valence-electron chi connectivity index (χ1n) is 15.9. The summed E-state index contributed by atoms with van der Waals surface area (Å²) in [6, 6.07) is 52.7. The Kier molecular flexibility index (Phi) is 6.08. The molecule has 0 bridgehead atoms. The van der Waals surface area contributed by atoms with Crippen molar-refractivity contribution in [1.82, 2.24) is 15.0 Å². The van der Waals surface area contributed by atoms with E-state index in [0.29, 0.717) is 17.5 Å². The average molecular weight is 632 g/mol. The molecule has 9 aromatic rings. The molecule has 1 aliphatic heterocycles. The van der Waals surface area contributed by atoms with Crippen LogP contribution in [0.15, 0.2) is 166 Å². The molecule has 0 radical (unpaired) electrons. The molecular weight excluding hydrogens is 607 g/mol. The molecule has 2 aromatic heterocycles.